The molecule has 0 radical (unpaired) electrons. The highest BCUT2D eigenvalue weighted by atomic mass is 16.2. The van der Waals surface area contributed by atoms with Gasteiger partial charge in [-0.05, 0) is 44.2 Å². The van der Waals surface area contributed by atoms with Crippen LogP contribution in [0.15, 0.2) is 30.3 Å². The lowest BCUT2D eigenvalue weighted by Crippen LogP contribution is -2.48. The Balaban J connectivity index is 1.50. The summed E-state index contributed by atoms with van der Waals surface area (Å²) in [6.07, 6.45) is 3.20. The smallest absolute Gasteiger partial charge is 0.239 e. The molecule has 1 aliphatic carbocycles. The minimum atomic E-state index is -0.183. The number of nitrogens with one attached hydrogen (secondary N) is 1. The summed E-state index contributed by atoms with van der Waals surface area (Å²) in [6.45, 7) is 3.92. The van der Waals surface area contributed by atoms with Crippen LogP contribution >= 0.6 is 0 Å². The van der Waals surface area contributed by atoms with Gasteiger partial charge in [0.1, 0.15) is 0 Å². The third kappa shape index (κ3) is 4.15. The van der Waals surface area contributed by atoms with Crippen LogP contribution < -0.4 is 5.32 Å². The topological polar surface area (TPSA) is 52.7 Å². The third-order valence-electron chi connectivity index (χ3n) is 5.10. The number of hydrogen-bond donors (Lipinski definition) is 1. The van der Waals surface area contributed by atoms with Crippen molar-refractivity contribution in [1.29, 1.82) is 0 Å². The van der Waals surface area contributed by atoms with Crippen LogP contribution in [-0.4, -0.2) is 60.4 Å². The van der Waals surface area contributed by atoms with Gasteiger partial charge >= 0.3 is 0 Å². The Kier molecular flexibility index (Phi) is 5.19. The summed E-state index contributed by atoms with van der Waals surface area (Å²) in [5.41, 5.74) is 1.34. The fourth-order valence-corrected chi connectivity index (χ4v) is 3.41. The van der Waals surface area contributed by atoms with Crippen LogP contribution in [0.25, 0.3) is 0 Å². The third-order valence-corrected chi connectivity index (χ3v) is 5.10. The van der Waals surface area contributed by atoms with Gasteiger partial charge in [-0.25, -0.2) is 0 Å². The normalized spacial score (nSPS) is 22.2. The lowest BCUT2D eigenvalue weighted by Gasteiger charge is -2.27. The van der Waals surface area contributed by atoms with E-state index in [1.807, 2.05) is 13.0 Å². The molecule has 0 bridgehead atoms. The predicted octanol–water partition coefficient (Wildman–Crippen LogP) is 1.60. The highest BCUT2D eigenvalue weighted by Gasteiger charge is 2.32. The summed E-state index contributed by atoms with van der Waals surface area (Å²) in [7, 11) is 1.72. The lowest BCUT2D eigenvalue weighted by molar-refractivity contribution is -0.138. The van der Waals surface area contributed by atoms with Gasteiger partial charge in [-0.3, -0.25) is 14.5 Å². The van der Waals surface area contributed by atoms with Crippen molar-refractivity contribution in [3.05, 3.63) is 35.9 Å². The second-order valence-corrected chi connectivity index (χ2v) is 7.10. The van der Waals surface area contributed by atoms with Crippen molar-refractivity contribution < 1.29 is 9.59 Å². The predicted molar refractivity (Wildman–Crippen MR) is 93.6 cm³/mol. The van der Waals surface area contributed by atoms with Crippen LogP contribution in [0, 0.1) is 0 Å². The van der Waals surface area contributed by atoms with E-state index in [0.717, 1.165) is 32.4 Å². The second-order valence-electron chi connectivity index (χ2n) is 7.10. The van der Waals surface area contributed by atoms with E-state index >= 15 is 0 Å². The van der Waals surface area contributed by atoms with Crippen LogP contribution in [0.5, 0.6) is 0 Å². The minimum absolute atomic E-state index is 0.0228. The summed E-state index contributed by atoms with van der Waals surface area (Å²) < 4.78 is 0. The van der Waals surface area contributed by atoms with E-state index < -0.39 is 0 Å². The average Bonchev–Trinajstić information content (AvgIpc) is 3.26. The molecule has 2 aliphatic rings. The molecule has 0 unspecified atom stereocenters. The number of benzene rings is 1. The summed E-state index contributed by atoms with van der Waals surface area (Å²) >= 11 is 0. The largest absolute Gasteiger partial charge is 0.352 e. The Bertz CT molecular complexity index is 586. The highest BCUT2D eigenvalue weighted by Crippen LogP contribution is 2.28. The molecule has 1 heterocycles. The number of carbonyl (C=O) groups is 2. The van der Waals surface area contributed by atoms with Crippen molar-refractivity contribution >= 4 is 11.8 Å². The minimum Gasteiger partial charge on any atom is -0.352 e. The zero-order valence-electron chi connectivity index (χ0n) is 14.6. The number of nitrogens with zero attached hydrogens (tertiary/aromatic N) is 2. The highest BCUT2D eigenvalue weighted by molar-refractivity contribution is 5.87. The van der Waals surface area contributed by atoms with Crippen LogP contribution in [0.1, 0.15) is 37.7 Å². The van der Waals surface area contributed by atoms with Crippen molar-refractivity contribution in [2.75, 3.05) is 26.7 Å². The van der Waals surface area contributed by atoms with E-state index in [1.165, 1.54) is 5.56 Å². The molecule has 24 heavy (non-hydrogen) atoms. The van der Waals surface area contributed by atoms with Crippen molar-refractivity contribution in [1.82, 2.24) is 15.1 Å². The molecular formula is C19H27N3O2. The number of hydrogen-bond acceptors (Lipinski definition) is 3. The molecule has 2 atom stereocenters. The summed E-state index contributed by atoms with van der Waals surface area (Å²) in [5, 5.41) is 2.93. The number of likely N-dealkylation sites (tertiary alicyclic amines) is 1. The molecule has 2 amide bonds. The molecule has 1 aromatic rings. The van der Waals surface area contributed by atoms with Gasteiger partial charge in [0.05, 0.1) is 12.6 Å². The zero-order valence-corrected chi connectivity index (χ0v) is 14.6. The lowest BCUT2D eigenvalue weighted by atomic mass is 9.99. The Morgan fingerprint density at radius 3 is 2.62 bits per heavy atom. The molecule has 130 valence electrons. The number of carbonyl (C=O) groups excluding carboxylic acids is 2. The number of likely N-dealkylation sites (N-methyl/N-ethyl adjacent to an activating group) is 1. The fourth-order valence-electron chi connectivity index (χ4n) is 3.41. The van der Waals surface area contributed by atoms with Gasteiger partial charge < -0.3 is 10.2 Å². The molecule has 1 saturated carbocycles. The quantitative estimate of drug-likeness (QED) is 0.862. The first-order valence-electron chi connectivity index (χ1n) is 8.88. The summed E-state index contributed by atoms with van der Waals surface area (Å²) in [5.74, 6) is 0.462. The molecule has 1 N–H and O–H groups in total. The van der Waals surface area contributed by atoms with E-state index in [0.29, 0.717) is 12.0 Å². The van der Waals surface area contributed by atoms with E-state index in [1.54, 1.807) is 11.9 Å². The maximum Gasteiger partial charge on any atom is 0.239 e. The second kappa shape index (κ2) is 7.34. The summed E-state index contributed by atoms with van der Waals surface area (Å²) in [6, 6.07) is 10.6. The van der Waals surface area contributed by atoms with Crippen LogP contribution in [-0.2, 0) is 9.59 Å². The Morgan fingerprint density at radius 1 is 1.25 bits per heavy atom. The SMILES string of the molecule is C[C@H](C(=O)N(C)CC(=O)NC1CC1)N1CC[C@H](c2ccccc2)C1. The molecule has 2 fully saturated rings. The average molecular weight is 329 g/mol. The first kappa shape index (κ1) is 17.0. The van der Waals surface area contributed by atoms with Gasteiger partial charge in [0, 0.05) is 19.6 Å². The van der Waals surface area contributed by atoms with Crippen molar-refractivity contribution in [3.63, 3.8) is 0 Å². The van der Waals surface area contributed by atoms with E-state index in [2.05, 4.69) is 34.5 Å². The van der Waals surface area contributed by atoms with Gasteiger partial charge in [0.25, 0.3) is 0 Å². The Hall–Kier alpha value is -1.88. The molecule has 0 spiro atoms. The Morgan fingerprint density at radius 2 is 1.96 bits per heavy atom. The maximum absolute atomic E-state index is 12.6. The van der Waals surface area contributed by atoms with Crippen LogP contribution in [0.3, 0.4) is 0 Å². The van der Waals surface area contributed by atoms with Gasteiger partial charge in [-0.2, -0.15) is 0 Å². The fraction of sp³-hybridized carbons (Fsp3) is 0.579. The summed E-state index contributed by atoms with van der Waals surface area (Å²) in [4.78, 5) is 28.3. The van der Waals surface area contributed by atoms with E-state index in [-0.39, 0.29) is 24.4 Å². The van der Waals surface area contributed by atoms with Gasteiger partial charge in [0.15, 0.2) is 0 Å². The number of rotatable bonds is 6. The molecule has 1 saturated heterocycles. The molecule has 0 aromatic heterocycles. The first-order chi connectivity index (χ1) is 11.5. The van der Waals surface area contributed by atoms with Crippen molar-refractivity contribution in [2.45, 2.75) is 44.2 Å². The van der Waals surface area contributed by atoms with Crippen LogP contribution in [0.4, 0.5) is 0 Å². The van der Waals surface area contributed by atoms with Crippen LogP contribution in [0.2, 0.25) is 0 Å². The van der Waals surface area contributed by atoms with Gasteiger partial charge in [0.2, 0.25) is 11.8 Å². The molecule has 1 aliphatic heterocycles. The molecule has 5 nitrogen and oxygen atoms in total. The maximum atomic E-state index is 12.6. The number of amides is 2. The van der Waals surface area contributed by atoms with Crippen molar-refractivity contribution in [2.24, 2.45) is 0 Å². The molecule has 5 heteroatoms. The van der Waals surface area contributed by atoms with Crippen molar-refractivity contribution in [3.8, 4) is 0 Å². The molecule has 3 rings (SSSR count). The first-order valence-corrected chi connectivity index (χ1v) is 8.88. The van der Waals surface area contributed by atoms with E-state index in [4.69, 9.17) is 0 Å². The Labute approximate surface area is 144 Å². The van der Waals surface area contributed by atoms with E-state index in [9.17, 15) is 9.59 Å². The monoisotopic (exact) mass is 329 g/mol. The standard InChI is InChI=1S/C19H27N3O2/c1-14(19(24)21(2)13-18(23)20-17-8-9-17)22-11-10-16(12-22)15-6-4-3-5-7-15/h3-7,14,16-17H,8-13H2,1-2H3,(H,20,23)/t14-,16+/m1/s1. The zero-order chi connectivity index (χ0) is 17.1. The molecule has 1 aromatic carbocycles. The van der Waals surface area contributed by atoms with Gasteiger partial charge in [-0.15, -0.1) is 0 Å². The molecular weight excluding hydrogens is 302 g/mol. The van der Waals surface area contributed by atoms with Gasteiger partial charge in [-0.1, -0.05) is 30.3 Å².